The standard InChI is InChI=1S/C17H16N2O3S2/c18-16(20)15-10-23-17(12-6-2-1-3-7-12)19(15)14-9-5-4-8-13(14)11-24(21)22/h1-10,17H,11H2,(H2,18,20)(H,21,22). The molecular formula is C17H16N2O3S2. The first-order valence-corrected chi connectivity index (χ1v) is 9.45. The summed E-state index contributed by atoms with van der Waals surface area (Å²) in [6.45, 7) is 0. The number of carbonyl (C=O) groups is 1. The lowest BCUT2D eigenvalue weighted by Crippen LogP contribution is -2.31. The van der Waals surface area contributed by atoms with Crippen LogP contribution in [0, 0.1) is 0 Å². The van der Waals surface area contributed by atoms with Gasteiger partial charge in [0.2, 0.25) is 0 Å². The average Bonchev–Trinajstić information content (AvgIpc) is 3.00. The molecule has 1 aliphatic heterocycles. The van der Waals surface area contributed by atoms with Crippen molar-refractivity contribution in [1.29, 1.82) is 0 Å². The van der Waals surface area contributed by atoms with E-state index < -0.39 is 17.0 Å². The zero-order valence-corrected chi connectivity index (χ0v) is 14.3. The lowest BCUT2D eigenvalue weighted by molar-refractivity contribution is -0.114. The predicted octanol–water partition coefficient (Wildman–Crippen LogP) is 2.99. The SMILES string of the molecule is NC(=O)C1=CSC(c2ccccc2)N1c1ccccc1CS(=O)O. The van der Waals surface area contributed by atoms with E-state index in [0.717, 1.165) is 5.56 Å². The summed E-state index contributed by atoms with van der Waals surface area (Å²) >= 11 is -0.487. The molecule has 0 aliphatic carbocycles. The fourth-order valence-corrected chi connectivity index (χ4v) is 4.31. The molecule has 1 aliphatic rings. The van der Waals surface area contributed by atoms with Gasteiger partial charge in [-0.05, 0) is 17.2 Å². The zero-order valence-electron chi connectivity index (χ0n) is 12.7. The molecule has 0 saturated heterocycles. The van der Waals surface area contributed by atoms with Crippen LogP contribution in [0.5, 0.6) is 0 Å². The van der Waals surface area contributed by atoms with Crippen molar-refractivity contribution in [3.05, 3.63) is 76.8 Å². The Kier molecular flexibility index (Phi) is 5.03. The fraction of sp³-hybridized carbons (Fsp3) is 0.118. The number of hydrogen-bond acceptors (Lipinski definition) is 4. The maximum atomic E-state index is 11.9. The van der Waals surface area contributed by atoms with Crippen molar-refractivity contribution in [2.45, 2.75) is 11.1 Å². The minimum Gasteiger partial charge on any atom is -0.364 e. The van der Waals surface area contributed by atoms with Gasteiger partial charge in [0.1, 0.15) is 11.1 Å². The third kappa shape index (κ3) is 3.38. The van der Waals surface area contributed by atoms with E-state index in [1.165, 1.54) is 11.8 Å². The average molecular weight is 360 g/mol. The Morgan fingerprint density at radius 1 is 1.17 bits per heavy atom. The van der Waals surface area contributed by atoms with Crippen molar-refractivity contribution in [1.82, 2.24) is 0 Å². The van der Waals surface area contributed by atoms with E-state index in [1.807, 2.05) is 47.4 Å². The van der Waals surface area contributed by atoms with E-state index in [0.29, 0.717) is 16.9 Å². The van der Waals surface area contributed by atoms with Crippen molar-refractivity contribution in [2.75, 3.05) is 4.90 Å². The van der Waals surface area contributed by atoms with Crippen LogP contribution < -0.4 is 10.6 Å². The first-order chi connectivity index (χ1) is 11.6. The van der Waals surface area contributed by atoms with Gasteiger partial charge in [-0.3, -0.25) is 4.79 Å². The third-order valence-corrected chi connectivity index (χ3v) is 5.33. The van der Waals surface area contributed by atoms with Gasteiger partial charge >= 0.3 is 0 Å². The van der Waals surface area contributed by atoms with Gasteiger partial charge in [0, 0.05) is 11.1 Å². The smallest absolute Gasteiger partial charge is 0.265 e. The number of hydrogen-bond donors (Lipinski definition) is 2. The lowest BCUT2D eigenvalue weighted by atomic mass is 10.1. The summed E-state index contributed by atoms with van der Waals surface area (Å²) in [4.78, 5) is 13.7. The molecule has 2 aromatic rings. The summed E-state index contributed by atoms with van der Waals surface area (Å²) in [6.07, 6.45) is 0. The number of primary amides is 1. The molecule has 0 bridgehead atoms. The van der Waals surface area contributed by atoms with Crippen LogP contribution in [0.3, 0.4) is 0 Å². The van der Waals surface area contributed by atoms with Crippen molar-refractivity contribution in [3.63, 3.8) is 0 Å². The number of amides is 1. The Morgan fingerprint density at radius 3 is 2.50 bits per heavy atom. The summed E-state index contributed by atoms with van der Waals surface area (Å²) in [5.41, 5.74) is 8.35. The number of nitrogens with two attached hydrogens (primary N) is 1. The quantitative estimate of drug-likeness (QED) is 0.801. The molecular weight excluding hydrogens is 344 g/mol. The highest BCUT2D eigenvalue weighted by Crippen LogP contribution is 2.46. The number of carbonyl (C=O) groups excluding carboxylic acids is 1. The minimum absolute atomic E-state index is 0.00904. The van der Waals surface area contributed by atoms with E-state index >= 15 is 0 Å². The Labute approximate surface area is 146 Å². The molecule has 0 fully saturated rings. The second kappa shape index (κ2) is 7.21. The number of anilines is 1. The van der Waals surface area contributed by atoms with Gasteiger partial charge in [0.25, 0.3) is 5.91 Å². The largest absolute Gasteiger partial charge is 0.364 e. The van der Waals surface area contributed by atoms with Gasteiger partial charge in [-0.15, -0.1) is 11.8 Å². The summed E-state index contributed by atoms with van der Waals surface area (Å²) in [7, 11) is 0. The summed E-state index contributed by atoms with van der Waals surface area (Å²) in [6, 6.07) is 17.0. The third-order valence-electron chi connectivity index (χ3n) is 3.67. The molecule has 2 unspecified atom stereocenters. The fourth-order valence-electron chi connectivity index (χ4n) is 2.65. The molecule has 2 atom stereocenters. The zero-order chi connectivity index (χ0) is 17.1. The number of rotatable bonds is 5. The molecule has 1 amide bonds. The van der Waals surface area contributed by atoms with Crippen molar-refractivity contribution in [3.8, 4) is 0 Å². The topological polar surface area (TPSA) is 83.6 Å². The molecule has 24 heavy (non-hydrogen) atoms. The first kappa shape index (κ1) is 16.8. The van der Waals surface area contributed by atoms with Gasteiger partial charge < -0.3 is 15.2 Å². The Morgan fingerprint density at radius 2 is 1.83 bits per heavy atom. The Bertz CT molecular complexity index is 808. The van der Waals surface area contributed by atoms with Crippen LogP contribution in [0.1, 0.15) is 16.5 Å². The summed E-state index contributed by atoms with van der Waals surface area (Å²) in [5.74, 6) is -0.536. The molecule has 124 valence electrons. The van der Waals surface area contributed by atoms with Gasteiger partial charge in [-0.1, -0.05) is 48.5 Å². The normalized spacial score (nSPS) is 18.3. The molecule has 0 spiro atoms. The second-order valence-electron chi connectivity index (χ2n) is 5.23. The number of nitrogens with zero attached hydrogens (tertiary/aromatic N) is 1. The lowest BCUT2D eigenvalue weighted by Gasteiger charge is -2.30. The molecule has 5 nitrogen and oxygen atoms in total. The van der Waals surface area contributed by atoms with E-state index in [1.54, 1.807) is 17.5 Å². The van der Waals surface area contributed by atoms with Crippen LogP contribution in [0.2, 0.25) is 0 Å². The van der Waals surface area contributed by atoms with E-state index in [-0.39, 0.29) is 11.1 Å². The highest BCUT2D eigenvalue weighted by atomic mass is 32.2. The van der Waals surface area contributed by atoms with E-state index in [2.05, 4.69) is 0 Å². The highest BCUT2D eigenvalue weighted by molar-refractivity contribution is 8.02. The molecule has 0 saturated carbocycles. The van der Waals surface area contributed by atoms with Gasteiger partial charge in [-0.2, -0.15) is 0 Å². The van der Waals surface area contributed by atoms with Crippen LogP contribution in [-0.4, -0.2) is 14.7 Å². The molecule has 1 heterocycles. The molecule has 3 rings (SSSR count). The summed E-state index contributed by atoms with van der Waals surface area (Å²) < 4.78 is 20.6. The molecule has 2 aromatic carbocycles. The van der Waals surface area contributed by atoms with E-state index in [4.69, 9.17) is 5.73 Å². The number of thioether (sulfide) groups is 1. The molecule has 0 radical (unpaired) electrons. The Hall–Kier alpha value is -2.09. The predicted molar refractivity (Wildman–Crippen MR) is 97.4 cm³/mol. The number of benzene rings is 2. The van der Waals surface area contributed by atoms with Gasteiger partial charge in [-0.25, -0.2) is 4.21 Å². The van der Waals surface area contributed by atoms with Crippen molar-refractivity contribution < 1.29 is 13.6 Å². The second-order valence-corrected chi connectivity index (χ2v) is 7.12. The van der Waals surface area contributed by atoms with Crippen LogP contribution in [0.4, 0.5) is 5.69 Å². The molecule has 3 N–H and O–H groups in total. The number of para-hydroxylation sites is 1. The summed E-state index contributed by atoms with van der Waals surface area (Å²) in [5, 5.41) is 1.59. The van der Waals surface area contributed by atoms with Crippen molar-refractivity contribution >= 4 is 34.4 Å². The van der Waals surface area contributed by atoms with Gasteiger partial charge in [0.05, 0.1) is 5.75 Å². The van der Waals surface area contributed by atoms with Gasteiger partial charge in [0.15, 0.2) is 11.1 Å². The van der Waals surface area contributed by atoms with Crippen LogP contribution in [-0.2, 0) is 21.6 Å². The highest BCUT2D eigenvalue weighted by Gasteiger charge is 2.33. The maximum Gasteiger partial charge on any atom is 0.265 e. The van der Waals surface area contributed by atoms with Crippen molar-refractivity contribution in [2.24, 2.45) is 5.73 Å². The minimum atomic E-state index is -1.97. The molecule has 7 heteroatoms. The van der Waals surface area contributed by atoms with Crippen LogP contribution in [0.25, 0.3) is 0 Å². The Balaban J connectivity index is 2.08. The first-order valence-electron chi connectivity index (χ1n) is 7.23. The molecule has 0 aromatic heterocycles. The maximum absolute atomic E-state index is 11.9. The monoisotopic (exact) mass is 360 g/mol. The van der Waals surface area contributed by atoms with Crippen LogP contribution >= 0.6 is 11.8 Å². The van der Waals surface area contributed by atoms with E-state index in [9.17, 15) is 13.6 Å². The van der Waals surface area contributed by atoms with Crippen LogP contribution in [0.15, 0.2) is 65.7 Å².